The molecule has 1 saturated carbocycles. The standard InChI is InChI=1S/C15H21N5O2/c1-2-22-12-7-11(21)15(12)3-5-20(6-4-15)14-10-8-18-19-13(10)16-9-17-14/h8-9,11-12,21H,2-7H2,1H3,(H,16,17,18,19)/t11-,12+/m0/s1. The first-order valence-corrected chi connectivity index (χ1v) is 7.93. The van der Waals surface area contributed by atoms with Crippen LogP contribution in [0.25, 0.3) is 11.0 Å². The van der Waals surface area contributed by atoms with Crippen molar-refractivity contribution in [2.24, 2.45) is 5.41 Å². The van der Waals surface area contributed by atoms with Crippen LogP contribution in [-0.2, 0) is 4.74 Å². The number of rotatable bonds is 3. The number of nitrogens with zero attached hydrogens (tertiary/aromatic N) is 4. The number of aromatic nitrogens is 4. The lowest BCUT2D eigenvalue weighted by atomic mass is 9.58. The molecule has 2 N–H and O–H groups in total. The minimum absolute atomic E-state index is 0.0605. The normalized spacial score (nSPS) is 27.3. The molecule has 7 heteroatoms. The van der Waals surface area contributed by atoms with E-state index in [1.165, 1.54) is 0 Å². The van der Waals surface area contributed by atoms with Gasteiger partial charge in [-0.2, -0.15) is 5.10 Å². The smallest absolute Gasteiger partial charge is 0.160 e. The molecule has 0 radical (unpaired) electrons. The van der Waals surface area contributed by atoms with Gasteiger partial charge in [0.15, 0.2) is 5.65 Å². The van der Waals surface area contributed by atoms with Crippen LogP contribution in [0.15, 0.2) is 12.5 Å². The van der Waals surface area contributed by atoms with Gasteiger partial charge in [0.25, 0.3) is 0 Å². The second-order valence-electron chi connectivity index (χ2n) is 6.25. The van der Waals surface area contributed by atoms with Crippen LogP contribution in [0, 0.1) is 5.41 Å². The molecule has 0 aromatic carbocycles. The first-order chi connectivity index (χ1) is 10.7. The molecule has 7 nitrogen and oxygen atoms in total. The molecule has 118 valence electrons. The summed E-state index contributed by atoms with van der Waals surface area (Å²) < 4.78 is 5.82. The SMILES string of the molecule is CCO[C@@H]1C[C@H](O)C12CCN(c1ncnc3[nH]ncc13)CC2. The van der Waals surface area contributed by atoms with Gasteiger partial charge in [0.1, 0.15) is 12.1 Å². The van der Waals surface area contributed by atoms with Gasteiger partial charge in [-0.1, -0.05) is 0 Å². The van der Waals surface area contributed by atoms with Crippen LogP contribution < -0.4 is 4.90 Å². The zero-order chi connectivity index (χ0) is 15.2. The van der Waals surface area contributed by atoms with Crippen LogP contribution in [0.1, 0.15) is 26.2 Å². The highest BCUT2D eigenvalue weighted by Gasteiger charge is 2.56. The molecule has 2 atom stereocenters. The molecule has 1 aliphatic carbocycles. The van der Waals surface area contributed by atoms with Crippen molar-refractivity contribution in [1.82, 2.24) is 20.2 Å². The summed E-state index contributed by atoms with van der Waals surface area (Å²) in [6.07, 6.45) is 5.95. The lowest BCUT2D eigenvalue weighted by molar-refractivity contribution is -0.199. The van der Waals surface area contributed by atoms with E-state index in [0.717, 1.165) is 49.2 Å². The van der Waals surface area contributed by atoms with Crippen molar-refractivity contribution in [1.29, 1.82) is 0 Å². The molecule has 2 aliphatic rings. The maximum Gasteiger partial charge on any atom is 0.160 e. The Morgan fingerprint density at radius 2 is 2.23 bits per heavy atom. The summed E-state index contributed by atoms with van der Waals surface area (Å²) in [4.78, 5) is 10.9. The largest absolute Gasteiger partial charge is 0.392 e. The highest BCUT2D eigenvalue weighted by molar-refractivity contribution is 5.86. The van der Waals surface area contributed by atoms with Crippen molar-refractivity contribution in [3.63, 3.8) is 0 Å². The number of hydrogen-bond acceptors (Lipinski definition) is 6. The molecule has 2 aromatic heterocycles. The molecule has 2 fully saturated rings. The van der Waals surface area contributed by atoms with E-state index in [0.29, 0.717) is 6.61 Å². The third-order valence-corrected chi connectivity index (χ3v) is 5.33. The van der Waals surface area contributed by atoms with E-state index in [2.05, 4.69) is 25.1 Å². The average molecular weight is 303 g/mol. The fourth-order valence-electron chi connectivity index (χ4n) is 3.96. The van der Waals surface area contributed by atoms with Gasteiger partial charge >= 0.3 is 0 Å². The maximum absolute atomic E-state index is 10.3. The van der Waals surface area contributed by atoms with Gasteiger partial charge < -0.3 is 14.7 Å². The Labute approximate surface area is 128 Å². The number of hydrogen-bond donors (Lipinski definition) is 2. The number of ether oxygens (including phenoxy) is 1. The molecule has 0 bridgehead atoms. The summed E-state index contributed by atoms with van der Waals surface area (Å²) in [6.45, 7) is 4.48. The number of nitrogens with one attached hydrogen (secondary N) is 1. The predicted molar refractivity (Wildman–Crippen MR) is 81.6 cm³/mol. The van der Waals surface area contributed by atoms with Crippen LogP contribution in [-0.4, -0.2) is 57.2 Å². The monoisotopic (exact) mass is 303 g/mol. The first-order valence-electron chi connectivity index (χ1n) is 7.93. The van der Waals surface area contributed by atoms with Gasteiger partial charge in [-0.25, -0.2) is 9.97 Å². The number of fused-ring (bicyclic) bond motifs is 1. The molecule has 4 rings (SSSR count). The van der Waals surface area contributed by atoms with E-state index in [1.54, 1.807) is 12.5 Å². The molecule has 22 heavy (non-hydrogen) atoms. The molecule has 3 heterocycles. The van der Waals surface area contributed by atoms with Crippen molar-refractivity contribution >= 4 is 16.9 Å². The van der Waals surface area contributed by atoms with Crippen molar-refractivity contribution in [2.45, 2.75) is 38.4 Å². The molecule has 1 spiro atoms. The number of aliphatic hydroxyl groups is 1. The Balaban J connectivity index is 1.53. The summed E-state index contributed by atoms with van der Waals surface area (Å²) in [5.74, 6) is 0.926. The van der Waals surface area contributed by atoms with E-state index in [-0.39, 0.29) is 17.6 Å². The molecular weight excluding hydrogens is 282 g/mol. The van der Waals surface area contributed by atoms with Gasteiger partial charge in [0, 0.05) is 31.5 Å². The molecular formula is C15H21N5O2. The van der Waals surface area contributed by atoms with Crippen molar-refractivity contribution < 1.29 is 9.84 Å². The number of anilines is 1. The topological polar surface area (TPSA) is 87.2 Å². The minimum atomic E-state index is -0.231. The maximum atomic E-state index is 10.3. The first kappa shape index (κ1) is 13.9. The highest BCUT2D eigenvalue weighted by Crippen LogP contribution is 2.51. The third-order valence-electron chi connectivity index (χ3n) is 5.33. The van der Waals surface area contributed by atoms with E-state index < -0.39 is 0 Å². The van der Waals surface area contributed by atoms with Gasteiger partial charge in [0.05, 0.1) is 23.8 Å². The Morgan fingerprint density at radius 1 is 1.41 bits per heavy atom. The summed E-state index contributed by atoms with van der Waals surface area (Å²) >= 11 is 0. The van der Waals surface area contributed by atoms with Crippen molar-refractivity contribution in [2.75, 3.05) is 24.6 Å². The quantitative estimate of drug-likeness (QED) is 0.883. The molecule has 2 aromatic rings. The van der Waals surface area contributed by atoms with Gasteiger partial charge in [0.2, 0.25) is 0 Å². The Kier molecular flexibility index (Phi) is 3.27. The van der Waals surface area contributed by atoms with Crippen LogP contribution in [0.3, 0.4) is 0 Å². The van der Waals surface area contributed by atoms with E-state index >= 15 is 0 Å². The Bertz CT molecular complexity index is 663. The predicted octanol–water partition coefficient (Wildman–Crippen LogP) is 1.11. The lowest BCUT2D eigenvalue weighted by Gasteiger charge is -2.56. The Hall–Kier alpha value is -1.73. The van der Waals surface area contributed by atoms with E-state index in [9.17, 15) is 5.11 Å². The summed E-state index contributed by atoms with van der Waals surface area (Å²) in [5, 5.41) is 18.2. The second-order valence-corrected chi connectivity index (χ2v) is 6.25. The van der Waals surface area contributed by atoms with Crippen LogP contribution >= 0.6 is 0 Å². The summed E-state index contributed by atoms with van der Waals surface area (Å²) in [7, 11) is 0. The highest BCUT2D eigenvalue weighted by atomic mass is 16.5. The number of aromatic amines is 1. The molecule has 1 aliphatic heterocycles. The average Bonchev–Trinajstić information content (AvgIpc) is 3.03. The fraction of sp³-hybridized carbons (Fsp3) is 0.667. The Morgan fingerprint density at radius 3 is 2.95 bits per heavy atom. The van der Waals surface area contributed by atoms with Crippen molar-refractivity contribution in [3.8, 4) is 0 Å². The number of piperidine rings is 1. The van der Waals surface area contributed by atoms with Gasteiger partial charge in [-0.15, -0.1) is 0 Å². The second kappa shape index (κ2) is 5.17. The number of aliphatic hydroxyl groups excluding tert-OH is 1. The molecule has 0 amide bonds. The zero-order valence-electron chi connectivity index (χ0n) is 12.7. The fourth-order valence-corrected chi connectivity index (χ4v) is 3.96. The van der Waals surface area contributed by atoms with Crippen LogP contribution in [0.2, 0.25) is 0 Å². The lowest BCUT2D eigenvalue weighted by Crippen LogP contribution is -2.62. The molecule has 0 unspecified atom stereocenters. The van der Waals surface area contributed by atoms with Gasteiger partial charge in [-0.3, -0.25) is 5.10 Å². The van der Waals surface area contributed by atoms with E-state index in [4.69, 9.17) is 4.74 Å². The van der Waals surface area contributed by atoms with E-state index in [1.807, 2.05) is 6.92 Å². The molecule has 1 saturated heterocycles. The minimum Gasteiger partial charge on any atom is -0.392 e. The van der Waals surface area contributed by atoms with Crippen LogP contribution in [0.5, 0.6) is 0 Å². The van der Waals surface area contributed by atoms with Gasteiger partial charge in [-0.05, 0) is 19.8 Å². The third kappa shape index (κ3) is 1.92. The van der Waals surface area contributed by atoms with Crippen molar-refractivity contribution in [3.05, 3.63) is 12.5 Å². The zero-order valence-corrected chi connectivity index (χ0v) is 12.7. The number of H-pyrrole nitrogens is 1. The van der Waals surface area contributed by atoms with Crippen LogP contribution in [0.4, 0.5) is 5.82 Å². The summed E-state index contributed by atoms with van der Waals surface area (Å²) in [6, 6.07) is 0. The summed E-state index contributed by atoms with van der Waals surface area (Å²) in [5.41, 5.74) is 0.704.